The average molecular weight is 477 g/mol. The zero-order valence-electron chi connectivity index (χ0n) is 17.7. The van der Waals surface area contributed by atoms with Crippen molar-refractivity contribution in [2.45, 2.75) is 37.5 Å². The third-order valence-electron chi connectivity index (χ3n) is 5.63. The molecule has 0 aromatic carbocycles. The van der Waals surface area contributed by atoms with Crippen LogP contribution in [0.2, 0.25) is 10.2 Å². The Kier molecular flexibility index (Phi) is 5.43. The van der Waals surface area contributed by atoms with Gasteiger partial charge in [0.2, 0.25) is 0 Å². The van der Waals surface area contributed by atoms with Crippen molar-refractivity contribution in [3.05, 3.63) is 48.5 Å². The number of rotatable bonds is 7. The number of aromatic amines is 1. The summed E-state index contributed by atoms with van der Waals surface area (Å²) in [5, 5.41) is 0.331. The molecule has 0 unspecified atom stereocenters. The van der Waals surface area contributed by atoms with Gasteiger partial charge in [-0.3, -0.25) is 9.78 Å². The van der Waals surface area contributed by atoms with Crippen molar-refractivity contribution < 1.29 is 4.74 Å². The van der Waals surface area contributed by atoms with E-state index in [2.05, 4.69) is 9.97 Å². The lowest BCUT2D eigenvalue weighted by Gasteiger charge is -2.18. The van der Waals surface area contributed by atoms with Gasteiger partial charge in [-0.25, -0.2) is 14.3 Å². The highest BCUT2D eigenvalue weighted by molar-refractivity contribution is 6.41. The summed E-state index contributed by atoms with van der Waals surface area (Å²) in [5.41, 5.74) is 1.02. The van der Waals surface area contributed by atoms with Gasteiger partial charge in [0.05, 0.1) is 27.5 Å². The number of nitrogens with one attached hydrogen (secondary N) is 1. The standard InChI is InChI=1S/C21H22Cl2N6O3/c1-28(2)7-8-32-20-24-14(10-3-4-10)16(15(25-20)11-5-6-11)29-18-12(19(30)27-21(29)31)9-13(22)17(23)26-18/h9-11H,3-8H2,1-2H3,(H,27,30,31). The predicted octanol–water partition coefficient (Wildman–Crippen LogP) is 2.87. The molecule has 2 fully saturated rings. The van der Waals surface area contributed by atoms with Gasteiger partial charge in [-0.15, -0.1) is 0 Å². The molecule has 3 heterocycles. The minimum atomic E-state index is -0.609. The third-order valence-corrected chi connectivity index (χ3v) is 6.30. The Morgan fingerprint density at radius 3 is 2.28 bits per heavy atom. The molecular formula is C21H22Cl2N6O3. The smallest absolute Gasteiger partial charge is 0.334 e. The lowest BCUT2D eigenvalue weighted by molar-refractivity contribution is 0.244. The van der Waals surface area contributed by atoms with Crippen molar-refractivity contribution in [2.75, 3.05) is 27.2 Å². The van der Waals surface area contributed by atoms with E-state index in [4.69, 9.17) is 37.9 Å². The Morgan fingerprint density at radius 2 is 1.72 bits per heavy atom. The van der Waals surface area contributed by atoms with Crippen molar-refractivity contribution in [1.29, 1.82) is 0 Å². The summed E-state index contributed by atoms with van der Waals surface area (Å²) >= 11 is 12.3. The summed E-state index contributed by atoms with van der Waals surface area (Å²) in [6.07, 6.45) is 3.84. The molecule has 0 aliphatic heterocycles. The summed E-state index contributed by atoms with van der Waals surface area (Å²) in [6, 6.07) is 1.74. The SMILES string of the molecule is CN(C)CCOc1nc(C2CC2)c(-n2c(=O)[nH]c(=O)c3cc(Cl)c(Cl)nc32)c(C2CC2)n1. The number of nitrogens with zero attached hydrogens (tertiary/aromatic N) is 5. The molecule has 32 heavy (non-hydrogen) atoms. The number of pyridine rings is 1. The zero-order chi connectivity index (χ0) is 22.6. The lowest BCUT2D eigenvalue weighted by Crippen LogP contribution is -2.31. The van der Waals surface area contributed by atoms with Gasteiger partial charge < -0.3 is 9.64 Å². The van der Waals surface area contributed by atoms with Crippen molar-refractivity contribution in [3.63, 3.8) is 0 Å². The second-order valence-corrected chi connectivity index (χ2v) is 9.32. The summed E-state index contributed by atoms with van der Waals surface area (Å²) in [5.74, 6) is 0.386. The molecule has 168 valence electrons. The summed E-state index contributed by atoms with van der Waals surface area (Å²) in [4.78, 5) is 43.6. The maximum Gasteiger partial charge on any atom is 0.334 e. The van der Waals surface area contributed by atoms with Gasteiger partial charge in [0.25, 0.3) is 5.56 Å². The zero-order valence-corrected chi connectivity index (χ0v) is 19.2. The molecule has 0 radical (unpaired) electrons. The fourth-order valence-corrected chi connectivity index (χ4v) is 3.97. The van der Waals surface area contributed by atoms with Crippen LogP contribution in [0.1, 0.15) is 48.9 Å². The number of likely N-dealkylation sites (N-methyl/N-ethyl adjacent to an activating group) is 1. The molecule has 0 amide bonds. The van der Waals surface area contributed by atoms with Gasteiger partial charge in [0.1, 0.15) is 11.8 Å². The van der Waals surface area contributed by atoms with Crippen molar-refractivity contribution in [1.82, 2.24) is 29.4 Å². The third kappa shape index (κ3) is 4.00. The van der Waals surface area contributed by atoms with Crippen LogP contribution in [-0.2, 0) is 0 Å². The van der Waals surface area contributed by atoms with Crippen molar-refractivity contribution >= 4 is 34.2 Å². The average Bonchev–Trinajstić information content (AvgIpc) is 3.62. The van der Waals surface area contributed by atoms with Gasteiger partial charge in [0.15, 0.2) is 5.65 Å². The molecule has 3 aromatic rings. The summed E-state index contributed by atoms with van der Waals surface area (Å²) < 4.78 is 7.23. The maximum absolute atomic E-state index is 13.1. The fraction of sp³-hybridized carbons (Fsp3) is 0.476. The van der Waals surface area contributed by atoms with Crippen molar-refractivity contribution in [3.8, 4) is 11.7 Å². The normalized spacial score (nSPS) is 16.2. The van der Waals surface area contributed by atoms with E-state index in [-0.39, 0.29) is 33.0 Å². The Hall–Kier alpha value is -2.49. The Morgan fingerprint density at radius 1 is 1.09 bits per heavy atom. The van der Waals surface area contributed by atoms with Crippen LogP contribution in [0.25, 0.3) is 16.7 Å². The largest absolute Gasteiger partial charge is 0.462 e. The maximum atomic E-state index is 13.1. The van der Waals surface area contributed by atoms with Crippen LogP contribution in [0.3, 0.4) is 0 Å². The topological polar surface area (TPSA) is 106 Å². The number of aromatic nitrogens is 5. The summed E-state index contributed by atoms with van der Waals surface area (Å²) in [6.45, 7) is 1.19. The molecule has 0 bridgehead atoms. The highest BCUT2D eigenvalue weighted by Crippen LogP contribution is 2.48. The quantitative estimate of drug-likeness (QED) is 0.522. The van der Waals surface area contributed by atoms with E-state index in [1.54, 1.807) is 0 Å². The van der Waals surface area contributed by atoms with Crippen LogP contribution in [0.4, 0.5) is 0 Å². The first kappa shape index (κ1) is 21.4. The summed E-state index contributed by atoms with van der Waals surface area (Å²) in [7, 11) is 3.94. The van der Waals surface area contributed by atoms with Gasteiger partial charge in [-0.2, -0.15) is 9.97 Å². The number of H-pyrrole nitrogens is 1. The molecule has 0 atom stereocenters. The van der Waals surface area contributed by atoms with E-state index in [1.807, 2.05) is 19.0 Å². The van der Waals surface area contributed by atoms with Crippen LogP contribution in [0.5, 0.6) is 6.01 Å². The number of ether oxygens (including phenoxy) is 1. The second-order valence-electron chi connectivity index (χ2n) is 8.55. The van der Waals surface area contributed by atoms with Crippen LogP contribution < -0.4 is 16.0 Å². The lowest BCUT2D eigenvalue weighted by atomic mass is 10.1. The molecule has 2 saturated carbocycles. The number of hydrogen-bond acceptors (Lipinski definition) is 7. The Labute approximate surface area is 193 Å². The number of fused-ring (bicyclic) bond motifs is 1. The van der Waals surface area contributed by atoms with Crippen LogP contribution >= 0.6 is 23.2 Å². The molecule has 0 saturated heterocycles. The molecule has 11 heteroatoms. The number of halogens is 2. The number of hydrogen-bond donors (Lipinski definition) is 1. The van der Waals surface area contributed by atoms with E-state index in [9.17, 15) is 9.59 Å². The van der Waals surface area contributed by atoms with Gasteiger partial charge >= 0.3 is 11.7 Å². The Bertz CT molecular complexity index is 1290. The molecule has 0 spiro atoms. The molecule has 3 aromatic heterocycles. The monoisotopic (exact) mass is 476 g/mol. The van der Waals surface area contributed by atoms with Gasteiger partial charge in [0, 0.05) is 18.4 Å². The molecule has 9 nitrogen and oxygen atoms in total. The highest BCUT2D eigenvalue weighted by Gasteiger charge is 2.37. The molecule has 5 rings (SSSR count). The first-order valence-electron chi connectivity index (χ1n) is 10.5. The van der Waals surface area contributed by atoms with E-state index in [1.165, 1.54) is 10.6 Å². The van der Waals surface area contributed by atoms with E-state index in [0.717, 1.165) is 43.6 Å². The van der Waals surface area contributed by atoms with Gasteiger partial charge in [-0.1, -0.05) is 23.2 Å². The van der Waals surface area contributed by atoms with E-state index < -0.39 is 11.2 Å². The van der Waals surface area contributed by atoms with E-state index in [0.29, 0.717) is 18.3 Å². The highest BCUT2D eigenvalue weighted by atomic mass is 35.5. The Balaban J connectivity index is 1.75. The van der Waals surface area contributed by atoms with E-state index >= 15 is 0 Å². The van der Waals surface area contributed by atoms with Crippen LogP contribution in [0, 0.1) is 0 Å². The van der Waals surface area contributed by atoms with Crippen molar-refractivity contribution in [2.24, 2.45) is 0 Å². The fourth-order valence-electron chi connectivity index (χ4n) is 3.68. The van der Waals surface area contributed by atoms with Crippen LogP contribution in [-0.4, -0.2) is 56.6 Å². The molecular weight excluding hydrogens is 455 g/mol. The first-order valence-corrected chi connectivity index (χ1v) is 11.3. The van der Waals surface area contributed by atoms with Crippen LogP contribution in [0.15, 0.2) is 15.7 Å². The molecule has 1 N–H and O–H groups in total. The first-order chi connectivity index (χ1) is 15.3. The van der Waals surface area contributed by atoms with Gasteiger partial charge in [-0.05, 0) is 45.8 Å². The minimum Gasteiger partial charge on any atom is -0.462 e. The molecule has 2 aliphatic rings. The molecule has 2 aliphatic carbocycles. The minimum absolute atomic E-state index is 0.0171. The predicted molar refractivity (Wildman–Crippen MR) is 122 cm³/mol. The second kappa shape index (κ2) is 8.13.